The number of ether oxygens (including phenoxy) is 1. The van der Waals surface area contributed by atoms with Crippen LogP contribution in [-0.4, -0.2) is 51.9 Å². The van der Waals surface area contributed by atoms with E-state index in [1.54, 1.807) is 24.3 Å². The van der Waals surface area contributed by atoms with Crippen LogP contribution in [-0.2, 0) is 14.6 Å². The quantitative estimate of drug-likeness (QED) is 0.829. The second kappa shape index (κ2) is 7.85. The summed E-state index contributed by atoms with van der Waals surface area (Å²) in [4.78, 5) is 2.68. The fraction of sp³-hybridized carbons (Fsp3) is 0.538. The highest BCUT2D eigenvalue weighted by molar-refractivity contribution is 7.91. The SMILES string of the molecule is Cl.O=S(=O)(CCCN1CCOCC1)c1ccccc1. The summed E-state index contributed by atoms with van der Waals surface area (Å²) in [5, 5.41) is 0. The van der Waals surface area contributed by atoms with Gasteiger partial charge in [0.25, 0.3) is 0 Å². The molecule has 1 aromatic rings. The van der Waals surface area contributed by atoms with Crippen molar-refractivity contribution in [3.63, 3.8) is 0 Å². The maximum absolute atomic E-state index is 12.0. The molecule has 1 aliphatic rings. The summed E-state index contributed by atoms with van der Waals surface area (Å²) in [6.07, 6.45) is 0.678. The average molecular weight is 306 g/mol. The fourth-order valence-corrected chi connectivity index (χ4v) is 3.37. The number of nitrogens with zero attached hydrogens (tertiary/aromatic N) is 1. The molecular weight excluding hydrogens is 286 g/mol. The van der Waals surface area contributed by atoms with Gasteiger partial charge < -0.3 is 4.74 Å². The van der Waals surface area contributed by atoms with Crippen molar-refractivity contribution in [3.05, 3.63) is 30.3 Å². The van der Waals surface area contributed by atoms with Crippen molar-refractivity contribution < 1.29 is 13.2 Å². The van der Waals surface area contributed by atoms with Crippen LogP contribution in [0.2, 0.25) is 0 Å². The molecule has 0 bridgehead atoms. The molecule has 19 heavy (non-hydrogen) atoms. The van der Waals surface area contributed by atoms with Crippen molar-refractivity contribution in [1.29, 1.82) is 0 Å². The molecule has 1 aliphatic heterocycles. The zero-order chi connectivity index (χ0) is 12.8. The Morgan fingerprint density at radius 1 is 1.11 bits per heavy atom. The first kappa shape index (κ1) is 16.4. The van der Waals surface area contributed by atoms with Crippen LogP contribution in [0, 0.1) is 0 Å². The zero-order valence-electron chi connectivity index (χ0n) is 10.8. The van der Waals surface area contributed by atoms with Crippen LogP contribution < -0.4 is 0 Å². The fourth-order valence-electron chi connectivity index (χ4n) is 2.05. The summed E-state index contributed by atoms with van der Waals surface area (Å²) in [5.41, 5.74) is 0. The number of halogens is 1. The molecule has 0 amide bonds. The molecule has 1 heterocycles. The third kappa shape index (κ3) is 5.10. The molecule has 4 nitrogen and oxygen atoms in total. The third-order valence-corrected chi connectivity index (χ3v) is 4.91. The van der Waals surface area contributed by atoms with E-state index in [9.17, 15) is 8.42 Å². The number of hydrogen-bond acceptors (Lipinski definition) is 4. The summed E-state index contributed by atoms with van der Waals surface area (Å²) in [6.45, 7) is 4.16. The Morgan fingerprint density at radius 3 is 2.37 bits per heavy atom. The van der Waals surface area contributed by atoms with Crippen LogP contribution in [0.25, 0.3) is 0 Å². The van der Waals surface area contributed by atoms with Crippen molar-refractivity contribution in [3.8, 4) is 0 Å². The van der Waals surface area contributed by atoms with Crippen molar-refractivity contribution in [1.82, 2.24) is 4.90 Å². The van der Waals surface area contributed by atoms with Gasteiger partial charge in [-0.1, -0.05) is 18.2 Å². The predicted octanol–water partition coefficient (Wildman–Crippen LogP) is 1.60. The van der Waals surface area contributed by atoms with Crippen LogP contribution in [0.4, 0.5) is 0 Å². The molecular formula is C13H20ClNO3S. The number of benzene rings is 1. The largest absolute Gasteiger partial charge is 0.379 e. The van der Waals surface area contributed by atoms with Crippen LogP contribution in [0.3, 0.4) is 0 Å². The number of hydrogen-bond donors (Lipinski definition) is 0. The van der Waals surface area contributed by atoms with Gasteiger partial charge in [-0.3, -0.25) is 4.90 Å². The van der Waals surface area contributed by atoms with Crippen molar-refractivity contribution >= 4 is 22.2 Å². The summed E-state index contributed by atoms with van der Waals surface area (Å²) in [5.74, 6) is 0.217. The van der Waals surface area contributed by atoms with Gasteiger partial charge in [-0.25, -0.2) is 8.42 Å². The van der Waals surface area contributed by atoms with Crippen LogP contribution in [0.1, 0.15) is 6.42 Å². The molecule has 0 aromatic heterocycles. The number of sulfone groups is 1. The lowest BCUT2D eigenvalue weighted by Crippen LogP contribution is -2.37. The maximum atomic E-state index is 12.0. The topological polar surface area (TPSA) is 46.6 Å². The van der Waals surface area contributed by atoms with Gasteiger partial charge in [-0.2, -0.15) is 0 Å². The van der Waals surface area contributed by atoms with E-state index in [1.165, 1.54) is 0 Å². The van der Waals surface area contributed by atoms with E-state index < -0.39 is 9.84 Å². The lowest BCUT2D eigenvalue weighted by Gasteiger charge is -2.26. The molecule has 6 heteroatoms. The lowest BCUT2D eigenvalue weighted by atomic mass is 10.3. The van der Waals surface area contributed by atoms with E-state index >= 15 is 0 Å². The molecule has 0 atom stereocenters. The van der Waals surface area contributed by atoms with Gasteiger partial charge in [0.15, 0.2) is 9.84 Å². The Hall–Kier alpha value is -0.620. The second-order valence-electron chi connectivity index (χ2n) is 4.44. The molecule has 1 fully saturated rings. The van der Waals surface area contributed by atoms with E-state index in [1.807, 2.05) is 6.07 Å². The predicted molar refractivity (Wildman–Crippen MR) is 77.6 cm³/mol. The van der Waals surface area contributed by atoms with Crippen molar-refractivity contribution in [2.75, 3.05) is 38.6 Å². The molecule has 0 N–H and O–H groups in total. The van der Waals surface area contributed by atoms with E-state index in [4.69, 9.17) is 4.74 Å². The van der Waals surface area contributed by atoms with E-state index in [0.717, 1.165) is 32.8 Å². The highest BCUT2D eigenvalue weighted by Gasteiger charge is 2.15. The molecule has 0 spiro atoms. The smallest absolute Gasteiger partial charge is 0.178 e. The van der Waals surface area contributed by atoms with E-state index in [-0.39, 0.29) is 18.2 Å². The summed E-state index contributed by atoms with van der Waals surface area (Å²) in [6, 6.07) is 8.66. The zero-order valence-corrected chi connectivity index (χ0v) is 12.5. The summed E-state index contributed by atoms with van der Waals surface area (Å²) >= 11 is 0. The average Bonchev–Trinajstić information content (AvgIpc) is 2.41. The van der Waals surface area contributed by atoms with E-state index in [2.05, 4.69) is 4.90 Å². The minimum Gasteiger partial charge on any atom is -0.379 e. The van der Waals surface area contributed by atoms with Crippen molar-refractivity contribution in [2.45, 2.75) is 11.3 Å². The second-order valence-corrected chi connectivity index (χ2v) is 6.55. The molecule has 1 saturated heterocycles. The maximum Gasteiger partial charge on any atom is 0.178 e. The Balaban J connectivity index is 0.00000180. The first-order valence-electron chi connectivity index (χ1n) is 6.26. The Kier molecular flexibility index (Phi) is 6.79. The number of rotatable bonds is 5. The molecule has 0 unspecified atom stereocenters. The monoisotopic (exact) mass is 305 g/mol. The minimum absolute atomic E-state index is 0. The van der Waals surface area contributed by atoms with Gasteiger partial charge in [-0.15, -0.1) is 12.4 Å². The molecule has 0 aliphatic carbocycles. The Bertz CT molecular complexity index is 458. The van der Waals surface area contributed by atoms with Gasteiger partial charge in [0.1, 0.15) is 0 Å². The normalized spacial score (nSPS) is 16.8. The third-order valence-electron chi connectivity index (χ3n) is 3.09. The van der Waals surface area contributed by atoms with Crippen LogP contribution in [0.15, 0.2) is 35.2 Å². The van der Waals surface area contributed by atoms with Gasteiger partial charge in [-0.05, 0) is 25.1 Å². The lowest BCUT2D eigenvalue weighted by molar-refractivity contribution is 0.0381. The van der Waals surface area contributed by atoms with Gasteiger partial charge in [0.05, 0.1) is 23.9 Å². The molecule has 0 saturated carbocycles. The Labute approximate surface area is 121 Å². The van der Waals surface area contributed by atoms with Crippen LogP contribution in [0.5, 0.6) is 0 Å². The molecule has 0 radical (unpaired) electrons. The molecule has 2 rings (SSSR count). The standard InChI is InChI=1S/C13H19NO3S.ClH/c15-18(16,13-5-2-1-3-6-13)12-4-7-14-8-10-17-11-9-14;/h1-3,5-6H,4,7-12H2;1H. The van der Waals surface area contributed by atoms with Gasteiger partial charge in [0, 0.05) is 13.1 Å². The number of morpholine rings is 1. The van der Waals surface area contributed by atoms with Crippen molar-refractivity contribution in [2.24, 2.45) is 0 Å². The first-order chi connectivity index (χ1) is 8.68. The summed E-state index contributed by atoms with van der Waals surface area (Å²) in [7, 11) is -3.12. The van der Waals surface area contributed by atoms with E-state index in [0.29, 0.717) is 11.3 Å². The van der Waals surface area contributed by atoms with Gasteiger partial charge >= 0.3 is 0 Å². The molecule has 108 valence electrons. The van der Waals surface area contributed by atoms with Crippen LogP contribution >= 0.6 is 12.4 Å². The van der Waals surface area contributed by atoms with Gasteiger partial charge in [0.2, 0.25) is 0 Å². The molecule has 1 aromatic carbocycles. The highest BCUT2D eigenvalue weighted by atomic mass is 35.5. The minimum atomic E-state index is -3.12. The first-order valence-corrected chi connectivity index (χ1v) is 7.92. The Morgan fingerprint density at radius 2 is 1.74 bits per heavy atom. The summed E-state index contributed by atoms with van der Waals surface area (Å²) < 4.78 is 29.3. The highest BCUT2D eigenvalue weighted by Crippen LogP contribution is 2.11.